The van der Waals surface area contributed by atoms with Gasteiger partial charge in [0.2, 0.25) is 5.89 Å². The van der Waals surface area contributed by atoms with Gasteiger partial charge in [-0.05, 0) is 18.2 Å². The minimum atomic E-state index is -0.388. The van der Waals surface area contributed by atoms with E-state index in [2.05, 4.69) is 4.98 Å². The zero-order valence-corrected chi connectivity index (χ0v) is 9.02. The summed E-state index contributed by atoms with van der Waals surface area (Å²) in [5.74, 6) is 0.697. The Morgan fingerprint density at radius 1 is 1.40 bits per heavy atom. The topological polar surface area (TPSA) is 26.0 Å². The Balaban J connectivity index is 2.44. The van der Waals surface area contributed by atoms with Gasteiger partial charge in [0.1, 0.15) is 5.82 Å². The minimum Gasteiger partial charge on any atom is -0.439 e. The predicted molar refractivity (Wildman–Crippen MR) is 56.5 cm³/mol. The zero-order valence-electron chi connectivity index (χ0n) is 7.51. The van der Waals surface area contributed by atoms with Crippen LogP contribution in [0.1, 0.15) is 5.89 Å². The molecule has 0 aliphatic heterocycles. The first kappa shape index (κ1) is 10.5. The second-order valence-corrected chi connectivity index (χ2v) is 3.55. The number of halogens is 3. The lowest BCUT2D eigenvalue weighted by Crippen LogP contribution is -1.79. The molecule has 0 N–H and O–H groups in total. The van der Waals surface area contributed by atoms with E-state index in [4.69, 9.17) is 27.6 Å². The average molecular weight is 246 g/mol. The van der Waals surface area contributed by atoms with Crippen molar-refractivity contribution in [2.45, 2.75) is 5.88 Å². The van der Waals surface area contributed by atoms with Crippen LogP contribution in [0.15, 0.2) is 28.8 Å². The van der Waals surface area contributed by atoms with Gasteiger partial charge < -0.3 is 4.42 Å². The molecule has 78 valence electrons. The van der Waals surface area contributed by atoms with Gasteiger partial charge in [0.25, 0.3) is 0 Å². The van der Waals surface area contributed by atoms with Crippen molar-refractivity contribution in [3.8, 4) is 11.3 Å². The summed E-state index contributed by atoms with van der Waals surface area (Å²) >= 11 is 11.4. The fourth-order valence-electron chi connectivity index (χ4n) is 1.19. The molecule has 0 spiro atoms. The SMILES string of the molecule is Fc1ccc(-c2cnc(CCl)o2)c(Cl)c1. The Bertz CT molecular complexity index is 484. The van der Waals surface area contributed by atoms with E-state index in [1.807, 2.05) is 0 Å². The van der Waals surface area contributed by atoms with Crippen molar-refractivity contribution in [3.63, 3.8) is 0 Å². The molecule has 1 heterocycles. The Hall–Kier alpha value is -1.06. The Morgan fingerprint density at radius 2 is 2.20 bits per heavy atom. The smallest absolute Gasteiger partial charge is 0.209 e. The molecule has 0 radical (unpaired) electrons. The molecular weight excluding hydrogens is 240 g/mol. The number of hydrogen-bond donors (Lipinski definition) is 0. The largest absolute Gasteiger partial charge is 0.439 e. The molecule has 0 fully saturated rings. The molecule has 1 aromatic heterocycles. The van der Waals surface area contributed by atoms with Crippen molar-refractivity contribution in [1.29, 1.82) is 0 Å². The van der Waals surface area contributed by atoms with Crippen LogP contribution in [0.3, 0.4) is 0 Å². The van der Waals surface area contributed by atoms with Gasteiger partial charge in [-0.15, -0.1) is 11.6 Å². The molecule has 2 rings (SSSR count). The highest BCUT2D eigenvalue weighted by atomic mass is 35.5. The second-order valence-electron chi connectivity index (χ2n) is 2.88. The number of nitrogens with zero attached hydrogens (tertiary/aromatic N) is 1. The van der Waals surface area contributed by atoms with Crippen LogP contribution in [0, 0.1) is 5.82 Å². The first-order valence-electron chi connectivity index (χ1n) is 4.17. The molecule has 1 aromatic carbocycles. The molecule has 2 aromatic rings. The van der Waals surface area contributed by atoms with Gasteiger partial charge in [-0.3, -0.25) is 0 Å². The molecule has 0 bridgehead atoms. The van der Waals surface area contributed by atoms with Crippen molar-refractivity contribution >= 4 is 23.2 Å². The van der Waals surface area contributed by atoms with Gasteiger partial charge in [0, 0.05) is 5.56 Å². The highest BCUT2D eigenvalue weighted by Crippen LogP contribution is 2.29. The Kier molecular flexibility index (Phi) is 2.93. The number of benzene rings is 1. The maximum Gasteiger partial charge on any atom is 0.209 e. The van der Waals surface area contributed by atoms with Crippen LogP contribution in [0.2, 0.25) is 5.02 Å². The summed E-state index contributed by atoms with van der Waals surface area (Å²) in [5, 5.41) is 0.285. The molecule has 2 nitrogen and oxygen atoms in total. The highest BCUT2D eigenvalue weighted by molar-refractivity contribution is 6.33. The summed E-state index contributed by atoms with van der Waals surface area (Å²) in [6, 6.07) is 4.07. The Morgan fingerprint density at radius 3 is 2.80 bits per heavy atom. The number of aromatic nitrogens is 1. The first-order chi connectivity index (χ1) is 7.20. The van der Waals surface area contributed by atoms with Crippen LogP contribution in [-0.4, -0.2) is 4.98 Å². The normalized spacial score (nSPS) is 10.6. The van der Waals surface area contributed by atoms with Crippen molar-refractivity contribution in [3.05, 3.63) is 41.1 Å². The number of hydrogen-bond acceptors (Lipinski definition) is 2. The summed E-state index contributed by atoms with van der Waals surface area (Å²) in [6.07, 6.45) is 1.51. The Labute approximate surface area is 95.6 Å². The molecule has 0 unspecified atom stereocenters. The summed E-state index contributed by atoms with van der Waals surface area (Å²) < 4.78 is 18.1. The van der Waals surface area contributed by atoms with E-state index < -0.39 is 0 Å². The quantitative estimate of drug-likeness (QED) is 0.751. The van der Waals surface area contributed by atoms with E-state index in [-0.39, 0.29) is 16.7 Å². The van der Waals surface area contributed by atoms with Gasteiger partial charge >= 0.3 is 0 Å². The van der Waals surface area contributed by atoms with Gasteiger partial charge in [-0.2, -0.15) is 0 Å². The van der Waals surface area contributed by atoms with Gasteiger partial charge in [0.05, 0.1) is 17.1 Å². The van der Waals surface area contributed by atoms with E-state index >= 15 is 0 Å². The van der Waals surface area contributed by atoms with Gasteiger partial charge in [-0.1, -0.05) is 11.6 Å². The second kappa shape index (κ2) is 4.21. The van der Waals surface area contributed by atoms with Crippen LogP contribution in [-0.2, 0) is 5.88 Å². The third-order valence-electron chi connectivity index (χ3n) is 1.86. The lowest BCUT2D eigenvalue weighted by Gasteiger charge is -1.99. The third kappa shape index (κ3) is 2.13. The summed E-state index contributed by atoms with van der Waals surface area (Å²) in [6.45, 7) is 0. The molecule has 0 saturated carbocycles. The maximum absolute atomic E-state index is 12.8. The van der Waals surface area contributed by atoms with Gasteiger partial charge in [-0.25, -0.2) is 9.37 Å². The third-order valence-corrected chi connectivity index (χ3v) is 2.41. The number of rotatable bonds is 2. The molecule has 15 heavy (non-hydrogen) atoms. The van der Waals surface area contributed by atoms with Gasteiger partial charge in [0.15, 0.2) is 5.76 Å². The zero-order chi connectivity index (χ0) is 10.8. The molecule has 0 aliphatic carbocycles. The molecule has 0 amide bonds. The van der Waals surface area contributed by atoms with Crippen molar-refractivity contribution < 1.29 is 8.81 Å². The first-order valence-corrected chi connectivity index (χ1v) is 5.08. The fraction of sp³-hybridized carbons (Fsp3) is 0.100. The predicted octanol–water partition coefficient (Wildman–Crippen LogP) is 3.87. The summed E-state index contributed by atoms with van der Waals surface area (Å²) in [5.41, 5.74) is 0.599. The average Bonchev–Trinajstić information content (AvgIpc) is 2.66. The van der Waals surface area contributed by atoms with E-state index in [1.54, 1.807) is 0 Å². The molecule has 5 heteroatoms. The number of oxazole rings is 1. The van der Waals surface area contributed by atoms with Crippen LogP contribution < -0.4 is 0 Å². The fourth-order valence-corrected chi connectivity index (χ4v) is 1.57. The van der Waals surface area contributed by atoms with E-state index in [0.717, 1.165) is 0 Å². The van der Waals surface area contributed by atoms with Crippen LogP contribution in [0.5, 0.6) is 0 Å². The molecule has 0 saturated heterocycles. The summed E-state index contributed by atoms with van der Waals surface area (Å²) in [4.78, 5) is 3.92. The monoisotopic (exact) mass is 245 g/mol. The van der Waals surface area contributed by atoms with Crippen molar-refractivity contribution in [2.75, 3.05) is 0 Å². The standard InChI is InChI=1S/C10H6Cl2FNO/c11-4-10-14-5-9(15-10)7-2-1-6(13)3-8(7)12/h1-3,5H,4H2. The van der Waals surface area contributed by atoms with Crippen LogP contribution in [0.4, 0.5) is 4.39 Å². The maximum atomic E-state index is 12.8. The lowest BCUT2D eigenvalue weighted by atomic mass is 10.2. The lowest BCUT2D eigenvalue weighted by molar-refractivity contribution is 0.528. The van der Waals surface area contributed by atoms with E-state index in [1.165, 1.54) is 24.4 Å². The highest BCUT2D eigenvalue weighted by Gasteiger charge is 2.09. The molecular formula is C10H6Cl2FNO. The van der Waals surface area contributed by atoms with E-state index in [9.17, 15) is 4.39 Å². The van der Waals surface area contributed by atoms with Crippen molar-refractivity contribution in [2.24, 2.45) is 0 Å². The van der Waals surface area contributed by atoms with E-state index in [0.29, 0.717) is 17.2 Å². The number of alkyl halides is 1. The molecule has 0 aliphatic rings. The van der Waals surface area contributed by atoms with Crippen molar-refractivity contribution in [1.82, 2.24) is 4.98 Å². The van der Waals surface area contributed by atoms with Crippen LogP contribution in [0.25, 0.3) is 11.3 Å². The summed E-state index contributed by atoms with van der Waals surface area (Å²) in [7, 11) is 0. The molecule has 0 atom stereocenters. The minimum absolute atomic E-state index is 0.193. The van der Waals surface area contributed by atoms with Crippen LogP contribution >= 0.6 is 23.2 Å².